The number of carbonyl (C=O) groups excluding carboxylic acids is 2. The van der Waals surface area contributed by atoms with Gasteiger partial charge in [-0.2, -0.15) is 0 Å². The number of carbonyl (C=O) groups is 2. The van der Waals surface area contributed by atoms with Crippen molar-refractivity contribution < 1.29 is 19.1 Å². The fourth-order valence-corrected chi connectivity index (χ4v) is 3.47. The summed E-state index contributed by atoms with van der Waals surface area (Å²) in [6.45, 7) is 6.55. The molecule has 0 aliphatic rings. The quantitative estimate of drug-likeness (QED) is 0.468. The summed E-state index contributed by atoms with van der Waals surface area (Å²) in [5.74, 6) is 1.02. The van der Waals surface area contributed by atoms with Crippen LogP contribution in [0.4, 0.5) is 0 Å². The molecule has 0 amide bonds. The van der Waals surface area contributed by atoms with Crippen LogP contribution >= 0.6 is 11.3 Å². The van der Waals surface area contributed by atoms with Gasteiger partial charge in [0.25, 0.3) is 0 Å². The molecule has 0 spiro atoms. The molecule has 0 fully saturated rings. The van der Waals surface area contributed by atoms with Gasteiger partial charge >= 0.3 is 5.97 Å². The molecule has 6 heteroatoms. The van der Waals surface area contributed by atoms with E-state index in [1.54, 1.807) is 0 Å². The Bertz CT molecular complexity index is 737. The van der Waals surface area contributed by atoms with Gasteiger partial charge in [-0.3, -0.25) is 4.79 Å². The van der Waals surface area contributed by atoms with Crippen LogP contribution in [0.25, 0.3) is 0 Å². The Morgan fingerprint density at radius 2 is 1.88 bits per heavy atom. The zero-order valence-corrected chi connectivity index (χ0v) is 16.5. The molecular formula is C20H25NO4S. The van der Waals surface area contributed by atoms with Crippen LogP contribution in [0.3, 0.4) is 0 Å². The summed E-state index contributed by atoms with van der Waals surface area (Å²) in [4.78, 5) is 27.5. The number of benzene rings is 1. The van der Waals surface area contributed by atoms with Crippen LogP contribution in [-0.4, -0.2) is 30.5 Å². The lowest BCUT2D eigenvalue weighted by molar-refractivity contribution is 0.0595. The molecule has 2 rings (SSSR count). The number of hydrogen-bond acceptors (Lipinski definition) is 6. The predicted octanol–water partition coefficient (Wildman–Crippen LogP) is 4.73. The summed E-state index contributed by atoms with van der Waals surface area (Å²) in [5.41, 5.74) is 1.43. The first-order valence-electron chi connectivity index (χ1n) is 8.74. The largest absolute Gasteiger partial charge is 0.485 e. The lowest BCUT2D eigenvalue weighted by Gasteiger charge is -2.18. The first kappa shape index (κ1) is 20.1. The summed E-state index contributed by atoms with van der Waals surface area (Å²) in [6, 6.07) is 7.92. The zero-order chi connectivity index (χ0) is 19.1. The molecule has 0 saturated carbocycles. The third-order valence-electron chi connectivity index (χ3n) is 4.11. The topological polar surface area (TPSA) is 65.5 Å². The van der Waals surface area contributed by atoms with E-state index in [4.69, 9.17) is 4.74 Å². The van der Waals surface area contributed by atoms with E-state index in [1.807, 2.05) is 12.1 Å². The Balaban J connectivity index is 1.94. The standard InChI is InChI=1S/C20H25NO4S/c1-5-14(10-13(2)3)15-6-8-16(9-7-15)25-11-18(22)19-21-17(12-26-19)20(23)24-4/h6-9,12-14H,5,10-11H2,1-4H3. The van der Waals surface area contributed by atoms with E-state index in [0.29, 0.717) is 17.6 Å². The highest BCUT2D eigenvalue weighted by atomic mass is 32.1. The number of nitrogens with zero attached hydrogens (tertiary/aromatic N) is 1. The number of thiazole rings is 1. The van der Waals surface area contributed by atoms with Gasteiger partial charge in [0.05, 0.1) is 7.11 Å². The number of Topliss-reactive ketones (excluding diaryl/α,β-unsaturated/α-hetero) is 1. The molecule has 0 radical (unpaired) electrons. The van der Waals surface area contributed by atoms with E-state index < -0.39 is 5.97 Å². The summed E-state index contributed by atoms with van der Waals surface area (Å²) in [5, 5.41) is 1.75. The van der Waals surface area contributed by atoms with Crippen molar-refractivity contribution in [2.75, 3.05) is 13.7 Å². The zero-order valence-electron chi connectivity index (χ0n) is 15.7. The Kier molecular flexibility index (Phi) is 7.33. The number of hydrogen-bond donors (Lipinski definition) is 0. The highest BCUT2D eigenvalue weighted by molar-refractivity contribution is 7.12. The van der Waals surface area contributed by atoms with Crippen LogP contribution in [0, 0.1) is 5.92 Å². The monoisotopic (exact) mass is 375 g/mol. The molecule has 2 aromatic rings. The second-order valence-corrected chi connectivity index (χ2v) is 7.40. The molecule has 26 heavy (non-hydrogen) atoms. The van der Waals surface area contributed by atoms with Crippen LogP contribution in [0.2, 0.25) is 0 Å². The van der Waals surface area contributed by atoms with Crippen molar-refractivity contribution in [1.82, 2.24) is 4.98 Å². The third-order valence-corrected chi connectivity index (χ3v) is 4.99. The molecule has 1 aromatic heterocycles. The number of methoxy groups -OCH3 is 1. The minimum atomic E-state index is -0.552. The average Bonchev–Trinajstić information content (AvgIpc) is 3.14. The van der Waals surface area contributed by atoms with Gasteiger partial charge in [-0.15, -0.1) is 11.3 Å². The van der Waals surface area contributed by atoms with E-state index in [0.717, 1.165) is 24.2 Å². The molecule has 1 atom stereocenters. The van der Waals surface area contributed by atoms with Crippen molar-refractivity contribution in [1.29, 1.82) is 0 Å². The van der Waals surface area contributed by atoms with Crippen molar-refractivity contribution in [2.45, 2.75) is 39.5 Å². The maximum Gasteiger partial charge on any atom is 0.357 e. The Hall–Kier alpha value is -2.21. The average molecular weight is 375 g/mol. The van der Waals surface area contributed by atoms with Crippen molar-refractivity contribution in [3.63, 3.8) is 0 Å². The second-order valence-electron chi connectivity index (χ2n) is 6.55. The van der Waals surface area contributed by atoms with Gasteiger partial charge in [0.2, 0.25) is 5.78 Å². The fourth-order valence-electron chi connectivity index (χ4n) is 2.75. The van der Waals surface area contributed by atoms with Crippen LogP contribution < -0.4 is 4.74 Å². The number of aromatic nitrogens is 1. The lowest BCUT2D eigenvalue weighted by atomic mass is 9.88. The smallest absolute Gasteiger partial charge is 0.357 e. The van der Waals surface area contributed by atoms with Gasteiger partial charge in [-0.1, -0.05) is 32.9 Å². The van der Waals surface area contributed by atoms with Crippen molar-refractivity contribution in [3.8, 4) is 5.75 Å². The summed E-state index contributed by atoms with van der Waals surface area (Å²) < 4.78 is 10.2. The van der Waals surface area contributed by atoms with E-state index in [9.17, 15) is 9.59 Å². The van der Waals surface area contributed by atoms with Crippen LogP contribution in [0.1, 0.15) is 65.4 Å². The van der Waals surface area contributed by atoms with E-state index >= 15 is 0 Å². The Labute approximate surface area is 158 Å². The number of ether oxygens (including phenoxy) is 2. The molecule has 140 valence electrons. The number of rotatable bonds is 9. The molecular weight excluding hydrogens is 350 g/mol. The van der Waals surface area contributed by atoms with Gasteiger partial charge in [0.15, 0.2) is 17.3 Å². The molecule has 0 bridgehead atoms. The molecule has 0 saturated heterocycles. The van der Waals surface area contributed by atoms with Gasteiger partial charge in [-0.05, 0) is 42.4 Å². The van der Waals surface area contributed by atoms with Crippen molar-refractivity contribution in [2.24, 2.45) is 5.92 Å². The minimum Gasteiger partial charge on any atom is -0.485 e. The van der Waals surface area contributed by atoms with E-state index in [2.05, 4.69) is 42.6 Å². The van der Waals surface area contributed by atoms with Gasteiger partial charge in [0.1, 0.15) is 5.75 Å². The number of esters is 1. The molecule has 5 nitrogen and oxygen atoms in total. The van der Waals surface area contributed by atoms with Gasteiger partial charge in [-0.25, -0.2) is 9.78 Å². The Morgan fingerprint density at radius 3 is 2.46 bits per heavy atom. The summed E-state index contributed by atoms with van der Waals surface area (Å²) in [7, 11) is 1.28. The first-order chi connectivity index (χ1) is 12.4. The lowest BCUT2D eigenvalue weighted by Crippen LogP contribution is -2.12. The second kappa shape index (κ2) is 9.48. The molecule has 0 aliphatic heterocycles. The first-order valence-corrected chi connectivity index (χ1v) is 9.62. The maximum absolute atomic E-state index is 12.2. The van der Waals surface area contributed by atoms with E-state index in [-0.39, 0.29) is 23.1 Å². The summed E-state index contributed by atoms with van der Waals surface area (Å²) in [6.07, 6.45) is 2.26. The predicted molar refractivity (Wildman–Crippen MR) is 102 cm³/mol. The fraction of sp³-hybridized carbons (Fsp3) is 0.450. The van der Waals surface area contributed by atoms with Crippen LogP contribution in [-0.2, 0) is 4.74 Å². The van der Waals surface area contributed by atoms with Crippen LogP contribution in [0.15, 0.2) is 29.6 Å². The third kappa shape index (κ3) is 5.39. The van der Waals surface area contributed by atoms with Crippen molar-refractivity contribution >= 4 is 23.1 Å². The maximum atomic E-state index is 12.2. The SMILES string of the molecule is CCC(CC(C)C)c1ccc(OCC(=O)c2nc(C(=O)OC)cs2)cc1. The van der Waals surface area contributed by atoms with Gasteiger partial charge < -0.3 is 9.47 Å². The minimum absolute atomic E-state index is 0.114. The highest BCUT2D eigenvalue weighted by Crippen LogP contribution is 2.28. The molecule has 0 N–H and O–H groups in total. The number of ketones is 1. The molecule has 1 aromatic carbocycles. The molecule has 1 unspecified atom stereocenters. The molecule has 0 aliphatic carbocycles. The highest BCUT2D eigenvalue weighted by Gasteiger charge is 2.16. The molecule has 1 heterocycles. The van der Waals surface area contributed by atoms with Crippen LogP contribution in [0.5, 0.6) is 5.75 Å². The van der Waals surface area contributed by atoms with Crippen molar-refractivity contribution in [3.05, 3.63) is 45.9 Å². The normalized spacial score (nSPS) is 12.0. The Morgan fingerprint density at radius 1 is 1.19 bits per heavy atom. The summed E-state index contributed by atoms with van der Waals surface area (Å²) >= 11 is 1.11. The van der Waals surface area contributed by atoms with E-state index in [1.165, 1.54) is 18.1 Å². The van der Waals surface area contributed by atoms with Gasteiger partial charge in [0, 0.05) is 5.38 Å².